The number of fused-ring (bicyclic) bond motifs is 1. The highest BCUT2D eigenvalue weighted by molar-refractivity contribution is 5.91. The van der Waals surface area contributed by atoms with E-state index in [9.17, 15) is 4.79 Å². The van der Waals surface area contributed by atoms with Crippen molar-refractivity contribution in [1.29, 1.82) is 0 Å². The number of rotatable bonds is 11. The first-order valence-electron chi connectivity index (χ1n) is 13.0. The Bertz CT molecular complexity index is 1310. The predicted octanol–water partition coefficient (Wildman–Crippen LogP) is 3.77. The largest absolute Gasteiger partial charge is 0.447 e. The Labute approximate surface area is 217 Å². The molecular weight excluding hydrogens is 466 g/mol. The Balaban J connectivity index is 1.21. The highest BCUT2D eigenvalue weighted by Gasteiger charge is 2.17. The van der Waals surface area contributed by atoms with Crippen molar-refractivity contribution >= 4 is 16.8 Å². The van der Waals surface area contributed by atoms with E-state index in [1.54, 1.807) is 0 Å². The van der Waals surface area contributed by atoms with Gasteiger partial charge in [0.1, 0.15) is 6.26 Å². The van der Waals surface area contributed by atoms with Crippen LogP contribution in [0.4, 0.5) is 0 Å². The lowest BCUT2D eigenvalue weighted by Gasteiger charge is -2.26. The number of carbonyl (C=O) groups excluding carboxylic acids is 1. The second-order valence-electron chi connectivity index (χ2n) is 9.65. The maximum Gasteiger partial charge on any atom is 0.273 e. The van der Waals surface area contributed by atoms with E-state index in [1.165, 1.54) is 28.3 Å². The van der Waals surface area contributed by atoms with Gasteiger partial charge in [-0.1, -0.05) is 48.0 Å². The summed E-state index contributed by atoms with van der Waals surface area (Å²) in [5.41, 5.74) is 5.24. The maximum atomic E-state index is 12.6. The Hall–Kier alpha value is -3.46. The highest BCUT2D eigenvalue weighted by Crippen LogP contribution is 2.20. The molecule has 8 nitrogen and oxygen atoms in total. The molecule has 4 aromatic rings. The number of hydrogen-bond acceptors (Lipinski definition) is 6. The standard InChI is InChI=1S/C29H35N5O3/c1-22-5-4-6-23(17-22)19-34(11-9-24-18-31-26-8-3-2-7-25(24)26)20-28-32-27(21-37-28)29(35)30-10-12-33-13-15-36-16-14-33/h2-8,17-18,21,31H,9-16,19-20H2,1H3,(H,30,35). The van der Waals surface area contributed by atoms with E-state index in [4.69, 9.17) is 9.15 Å². The van der Waals surface area contributed by atoms with Crippen LogP contribution in [0.3, 0.4) is 0 Å². The van der Waals surface area contributed by atoms with Gasteiger partial charge in [0.25, 0.3) is 5.91 Å². The van der Waals surface area contributed by atoms with Crippen LogP contribution in [0.2, 0.25) is 0 Å². The van der Waals surface area contributed by atoms with Crippen LogP contribution in [0.25, 0.3) is 10.9 Å². The summed E-state index contributed by atoms with van der Waals surface area (Å²) >= 11 is 0. The summed E-state index contributed by atoms with van der Waals surface area (Å²) in [6.45, 7) is 8.92. The fourth-order valence-electron chi connectivity index (χ4n) is 4.82. The van der Waals surface area contributed by atoms with Crippen LogP contribution in [0.15, 0.2) is 65.4 Å². The molecule has 0 spiro atoms. The van der Waals surface area contributed by atoms with Crippen molar-refractivity contribution in [3.63, 3.8) is 0 Å². The summed E-state index contributed by atoms with van der Waals surface area (Å²) in [6, 6.07) is 16.9. The average molecular weight is 502 g/mol. The molecule has 194 valence electrons. The summed E-state index contributed by atoms with van der Waals surface area (Å²) in [4.78, 5) is 25.1. The van der Waals surface area contributed by atoms with Gasteiger partial charge in [-0.05, 0) is 30.5 Å². The maximum absolute atomic E-state index is 12.6. The third kappa shape index (κ3) is 6.85. The molecule has 8 heteroatoms. The summed E-state index contributed by atoms with van der Waals surface area (Å²) in [7, 11) is 0. The number of benzene rings is 2. The lowest BCUT2D eigenvalue weighted by Crippen LogP contribution is -2.41. The fraction of sp³-hybridized carbons (Fsp3) is 0.379. The van der Waals surface area contributed by atoms with Gasteiger partial charge in [0.05, 0.1) is 19.8 Å². The molecule has 3 heterocycles. The minimum Gasteiger partial charge on any atom is -0.447 e. The molecule has 0 saturated carbocycles. The Kier molecular flexibility index (Phi) is 8.30. The molecule has 2 N–H and O–H groups in total. The second kappa shape index (κ2) is 12.2. The number of para-hydroxylation sites is 1. The number of carbonyl (C=O) groups is 1. The van der Waals surface area contributed by atoms with Crippen molar-refractivity contribution in [2.24, 2.45) is 0 Å². The van der Waals surface area contributed by atoms with E-state index in [-0.39, 0.29) is 5.91 Å². The van der Waals surface area contributed by atoms with Crippen LogP contribution in [-0.4, -0.2) is 71.6 Å². The number of H-pyrrole nitrogens is 1. The summed E-state index contributed by atoms with van der Waals surface area (Å²) in [5.74, 6) is 0.345. The topological polar surface area (TPSA) is 86.6 Å². The second-order valence-corrected chi connectivity index (χ2v) is 9.65. The molecule has 0 atom stereocenters. The van der Waals surface area contributed by atoms with Crippen molar-refractivity contribution in [3.8, 4) is 0 Å². The molecule has 0 radical (unpaired) electrons. The Morgan fingerprint density at radius 3 is 2.86 bits per heavy atom. The average Bonchev–Trinajstić information content (AvgIpc) is 3.55. The molecule has 0 aliphatic carbocycles. The van der Waals surface area contributed by atoms with Gasteiger partial charge in [-0.25, -0.2) is 4.98 Å². The summed E-state index contributed by atoms with van der Waals surface area (Å²) in [6.07, 6.45) is 4.45. The molecule has 1 amide bonds. The molecule has 2 aromatic carbocycles. The highest BCUT2D eigenvalue weighted by atomic mass is 16.5. The van der Waals surface area contributed by atoms with Crippen LogP contribution in [0.5, 0.6) is 0 Å². The van der Waals surface area contributed by atoms with Gasteiger partial charge >= 0.3 is 0 Å². The molecular formula is C29H35N5O3. The minimum absolute atomic E-state index is 0.202. The van der Waals surface area contributed by atoms with Crippen LogP contribution in [-0.2, 0) is 24.2 Å². The van der Waals surface area contributed by atoms with Gasteiger partial charge in [-0.3, -0.25) is 14.6 Å². The van der Waals surface area contributed by atoms with Crippen molar-refractivity contribution in [2.45, 2.75) is 26.4 Å². The lowest BCUT2D eigenvalue weighted by atomic mass is 10.1. The molecule has 1 aliphatic rings. The quantitative estimate of drug-likeness (QED) is 0.325. The van der Waals surface area contributed by atoms with Crippen LogP contribution < -0.4 is 5.32 Å². The van der Waals surface area contributed by atoms with Gasteiger partial charge in [-0.2, -0.15) is 0 Å². The molecule has 0 unspecified atom stereocenters. The summed E-state index contributed by atoms with van der Waals surface area (Å²) < 4.78 is 11.1. The number of nitrogens with zero attached hydrogens (tertiary/aromatic N) is 3. The van der Waals surface area contributed by atoms with E-state index in [2.05, 4.69) is 80.7 Å². The Morgan fingerprint density at radius 1 is 1.14 bits per heavy atom. The molecule has 1 aliphatic heterocycles. The number of ether oxygens (including phenoxy) is 1. The summed E-state index contributed by atoms with van der Waals surface area (Å²) in [5, 5.41) is 4.21. The van der Waals surface area contributed by atoms with Gasteiger partial charge < -0.3 is 19.5 Å². The Morgan fingerprint density at radius 2 is 2.00 bits per heavy atom. The SMILES string of the molecule is Cc1cccc(CN(CCc2c[nH]c3ccccc23)Cc2nc(C(=O)NCCN3CCOCC3)co2)c1. The molecule has 5 rings (SSSR count). The first-order valence-corrected chi connectivity index (χ1v) is 13.0. The lowest BCUT2D eigenvalue weighted by molar-refractivity contribution is 0.0383. The molecule has 1 fully saturated rings. The molecule has 1 saturated heterocycles. The van der Waals surface area contributed by atoms with Crippen LogP contribution >= 0.6 is 0 Å². The van der Waals surface area contributed by atoms with Gasteiger partial charge in [0, 0.05) is 56.4 Å². The van der Waals surface area contributed by atoms with Crippen molar-refractivity contribution < 1.29 is 13.9 Å². The molecule has 0 bridgehead atoms. The zero-order chi connectivity index (χ0) is 25.5. The van der Waals surface area contributed by atoms with E-state index in [0.717, 1.165) is 57.9 Å². The number of aromatic nitrogens is 2. The van der Waals surface area contributed by atoms with Crippen molar-refractivity contribution in [1.82, 2.24) is 25.1 Å². The number of aromatic amines is 1. The van der Waals surface area contributed by atoms with Crippen molar-refractivity contribution in [2.75, 3.05) is 45.9 Å². The predicted molar refractivity (Wildman–Crippen MR) is 143 cm³/mol. The zero-order valence-electron chi connectivity index (χ0n) is 21.4. The number of aryl methyl sites for hydroxylation is 1. The monoisotopic (exact) mass is 501 g/mol. The smallest absolute Gasteiger partial charge is 0.273 e. The first-order chi connectivity index (χ1) is 18.1. The van der Waals surface area contributed by atoms with Crippen LogP contribution in [0, 0.1) is 6.92 Å². The van der Waals surface area contributed by atoms with E-state index in [0.29, 0.717) is 24.7 Å². The minimum atomic E-state index is -0.202. The number of hydrogen-bond donors (Lipinski definition) is 2. The molecule has 37 heavy (non-hydrogen) atoms. The van der Waals surface area contributed by atoms with E-state index in [1.807, 2.05) is 6.07 Å². The molecule has 2 aromatic heterocycles. The number of morpholine rings is 1. The fourth-order valence-corrected chi connectivity index (χ4v) is 4.82. The van der Waals surface area contributed by atoms with Crippen molar-refractivity contribution in [3.05, 3.63) is 89.3 Å². The number of nitrogens with one attached hydrogen (secondary N) is 2. The van der Waals surface area contributed by atoms with Gasteiger partial charge in [0.2, 0.25) is 5.89 Å². The van der Waals surface area contributed by atoms with E-state index >= 15 is 0 Å². The third-order valence-corrected chi connectivity index (χ3v) is 6.82. The van der Waals surface area contributed by atoms with E-state index < -0.39 is 0 Å². The normalized spacial score (nSPS) is 14.4. The van der Waals surface area contributed by atoms with Gasteiger partial charge in [-0.15, -0.1) is 0 Å². The number of oxazole rings is 1. The number of amides is 1. The van der Waals surface area contributed by atoms with Gasteiger partial charge in [0.15, 0.2) is 5.69 Å². The zero-order valence-corrected chi connectivity index (χ0v) is 21.4. The third-order valence-electron chi connectivity index (χ3n) is 6.82. The first kappa shape index (κ1) is 25.2. The van der Waals surface area contributed by atoms with Crippen LogP contribution in [0.1, 0.15) is 33.1 Å².